The van der Waals surface area contributed by atoms with Crippen LogP contribution in [0.2, 0.25) is 0 Å². The summed E-state index contributed by atoms with van der Waals surface area (Å²) in [5, 5.41) is 17.9. The SMILES string of the molecule is O=C(O)CN(Cc1ccccn1)Cc1ccccn1.O=C(O)CN(Cc1ccccn1)Cc1ccccn1. The molecule has 0 radical (unpaired) electrons. The van der Waals surface area contributed by atoms with Gasteiger partial charge in [0, 0.05) is 51.0 Å². The van der Waals surface area contributed by atoms with E-state index in [0.29, 0.717) is 26.2 Å². The predicted octanol–water partition coefficient (Wildman–Crippen LogP) is 3.13. The Kier molecular flexibility index (Phi) is 11.5. The Balaban J connectivity index is 0.000000211. The first kappa shape index (κ1) is 28.0. The summed E-state index contributed by atoms with van der Waals surface area (Å²) in [6, 6.07) is 22.4. The predicted molar refractivity (Wildman–Crippen MR) is 140 cm³/mol. The summed E-state index contributed by atoms with van der Waals surface area (Å²) in [4.78, 5) is 42.3. The highest BCUT2D eigenvalue weighted by Crippen LogP contribution is 2.07. The Morgan fingerprint density at radius 2 is 0.763 bits per heavy atom. The Labute approximate surface area is 221 Å². The first-order valence-corrected chi connectivity index (χ1v) is 12.0. The van der Waals surface area contributed by atoms with Gasteiger partial charge in [0.2, 0.25) is 0 Å². The Morgan fingerprint density at radius 1 is 0.500 bits per heavy atom. The number of hydrogen-bond acceptors (Lipinski definition) is 8. The fraction of sp³-hybridized carbons (Fsp3) is 0.214. The number of nitrogens with zero attached hydrogens (tertiary/aromatic N) is 6. The molecule has 2 N–H and O–H groups in total. The van der Waals surface area contributed by atoms with E-state index < -0.39 is 11.9 Å². The number of pyridine rings is 4. The molecular weight excluding hydrogens is 484 g/mol. The molecule has 38 heavy (non-hydrogen) atoms. The van der Waals surface area contributed by atoms with E-state index in [4.69, 9.17) is 10.2 Å². The van der Waals surface area contributed by atoms with Crippen LogP contribution < -0.4 is 0 Å². The fourth-order valence-corrected chi connectivity index (χ4v) is 3.60. The largest absolute Gasteiger partial charge is 0.480 e. The monoisotopic (exact) mass is 514 g/mol. The minimum atomic E-state index is -0.855. The van der Waals surface area contributed by atoms with Crippen LogP contribution in [0.15, 0.2) is 97.6 Å². The van der Waals surface area contributed by atoms with Crippen LogP contribution in [-0.4, -0.2) is 65.0 Å². The zero-order valence-electron chi connectivity index (χ0n) is 20.9. The maximum atomic E-state index is 10.9. The van der Waals surface area contributed by atoms with E-state index in [1.165, 1.54) is 0 Å². The number of carboxylic acids is 2. The van der Waals surface area contributed by atoms with Gasteiger partial charge in [-0.2, -0.15) is 0 Å². The average molecular weight is 515 g/mol. The van der Waals surface area contributed by atoms with Crippen molar-refractivity contribution in [1.29, 1.82) is 0 Å². The molecule has 196 valence electrons. The van der Waals surface area contributed by atoms with Crippen LogP contribution >= 0.6 is 0 Å². The minimum absolute atomic E-state index is 0.0346. The van der Waals surface area contributed by atoms with Crippen molar-refractivity contribution in [2.45, 2.75) is 26.2 Å². The van der Waals surface area contributed by atoms with Gasteiger partial charge in [-0.05, 0) is 48.5 Å². The van der Waals surface area contributed by atoms with Gasteiger partial charge in [0.15, 0.2) is 0 Å². The lowest BCUT2D eigenvalue weighted by molar-refractivity contribution is -0.139. The number of carbonyl (C=O) groups is 2. The van der Waals surface area contributed by atoms with Gasteiger partial charge >= 0.3 is 11.9 Å². The Bertz CT molecular complexity index is 1050. The van der Waals surface area contributed by atoms with Crippen molar-refractivity contribution in [2.24, 2.45) is 0 Å². The lowest BCUT2D eigenvalue weighted by Crippen LogP contribution is -2.29. The highest BCUT2D eigenvalue weighted by Gasteiger charge is 2.13. The third kappa shape index (κ3) is 11.0. The molecule has 0 spiro atoms. The highest BCUT2D eigenvalue weighted by molar-refractivity contribution is 5.69. The minimum Gasteiger partial charge on any atom is -0.480 e. The molecule has 0 saturated heterocycles. The Morgan fingerprint density at radius 3 is 0.947 bits per heavy atom. The quantitative estimate of drug-likeness (QED) is 0.290. The molecule has 0 amide bonds. The van der Waals surface area contributed by atoms with Gasteiger partial charge in [0.25, 0.3) is 0 Å². The third-order valence-corrected chi connectivity index (χ3v) is 5.16. The van der Waals surface area contributed by atoms with Gasteiger partial charge in [0.1, 0.15) is 0 Å². The van der Waals surface area contributed by atoms with Crippen molar-refractivity contribution >= 4 is 11.9 Å². The first-order valence-electron chi connectivity index (χ1n) is 12.0. The van der Waals surface area contributed by atoms with Crippen molar-refractivity contribution in [3.8, 4) is 0 Å². The number of aliphatic carboxylic acids is 2. The molecule has 0 aliphatic carbocycles. The molecule has 10 heteroatoms. The van der Waals surface area contributed by atoms with Crippen molar-refractivity contribution in [2.75, 3.05) is 13.1 Å². The number of aromatic nitrogens is 4. The van der Waals surface area contributed by atoms with E-state index in [2.05, 4.69) is 19.9 Å². The van der Waals surface area contributed by atoms with E-state index >= 15 is 0 Å². The van der Waals surface area contributed by atoms with Gasteiger partial charge in [-0.15, -0.1) is 0 Å². The van der Waals surface area contributed by atoms with Gasteiger partial charge in [-0.25, -0.2) is 0 Å². The maximum Gasteiger partial charge on any atom is 0.317 e. The van der Waals surface area contributed by atoms with E-state index in [0.717, 1.165) is 22.8 Å². The topological polar surface area (TPSA) is 133 Å². The second kappa shape index (κ2) is 15.5. The molecule has 0 saturated carbocycles. The van der Waals surface area contributed by atoms with Gasteiger partial charge < -0.3 is 10.2 Å². The summed E-state index contributed by atoms with van der Waals surface area (Å²) in [5.41, 5.74) is 3.39. The van der Waals surface area contributed by atoms with Crippen molar-refractivity contribution in [3.63, 3.8) is 0 Å². The second-order valence-electron chi connectivity index (χ2n) is 8.36. The molecule has 0 aliphatic rings. The molecule has 4 aromatic rings. The molecule has 0 aromatic carbocycles. The molecular formula is C28H30N6O4. The fourth-order valence-electron chi connectivity index (χ4n) is 3.60. The molecule has 4 aromatic heterocycles. The van der Waals surface area contributed by atoms with Crippen LogP contribution in [0.25, 0.3) is 0 Å². The molecule has 0 bridgehead atoms. The maximum absolute atomic E-state index is 10.9. The van der Waals surface area contributed by atoms with Crippen molar-refractivity contribution in [1.82, 2.24) is 29.7 Å². The summed E-state index contributed by atoms with van der Waals surface area (Å²) >= 11 is 0. The lowest BCUT2D eigenvalue weighted by atomic mass is 10.3. The molecule has 0 fully saturated rings. The summed E-state index contributed by atoms with van der Waals surface area (Å²) in [7, 11) is 0. The van der Waals surface area contributed by atoms with E-state index in [-0.39, 0.29) is 13.1 Å². The first-order chi connectivity index (χ1) is 18.5. The van der Waals surface area contributed by atoms with Crippen LogP contribution in [-0.2, 0) is 35.8 Å². The zero-order valence-corrected chi connectivity index (χ0v) is 20.9. The smallest absolute Gasteiger partial charge is 0.317 e. The normalized spacial score (nSPS) is 10.6. The summed E-state index contributed by atoms with van der Waals surface area (Å²) in [6.07, 6.45) is 6.81. The lowest BCUT2D eigenvalue weighted by Gasteiger charge is -2.19. The van der Waals surface area contributed by atoms with Crippen LogP contribution in [0.5, 0.6) is 0 Å². The molecule has 4 rings (SSSR count). The molecule has 10 nitrogen and oxygen atoms in total. The Hall–Kier alpha value is -4.54. The summed E-state index contributed by atoms with van der Waals surface area (Å²) in [5.74, 6) is -1.71. The van der Waals surface area contributed by atoms with Crippen LogP contribution in [0.4, 0.5) is 0 Å². The molecule has 0 atom stereocenters. The number of hydrogen-bond donors (Lipinski definition) is 2. The molecule has 0 unspecified atom stereocenters. The molecule has 0 aliphatic heterocycles. The second-order valence-corrected chi connectivity index (χ2v) is 8.36. The van der Waals surface area contributed by atoms with E-state index in [9.17, 15) is 9.59 Å². The van der Waals surface area contributed by atoms with Gasteiger partial charge in [0.05, 0.1) is 35.9 Å². The van der Waals surface area contributed by atoms with Crippen molar-refractivity contribution in [3.05, 3.63) is 120 Å². The zero-order chi connectivity index (χ0) is 27.0. The van der Waals surface area contributed by atoms with Gasteiger partial charge in [-0.1, -0.05) is 24.3 Å². The summed E-state index contributed by atoms with van der Waals surface area (Å²) in [6.45, 7) is 1.89. The standard InChI is InChI=1S/2C14H15N3O2/c2*18-14(19)11-17(9-12-5-1-3-7-15-12)10-13-6-2-4-8-16-13/h2*1-8H,9-11H2,(H,18,19). The third-order valence-electron chi connectivity index (χ3n) is 5.16. The van der Waals surface area contributed by atoms with Crippen LogP contribution in [0.3, 0.4) is 0 Å². The highest BCUT2D eigenvalue weighted by atomic mass is 16.4. The van der Waals surface area contributed by atoms with E-state index in [1.54, 1.807) is 34.6 Å². The number of carboxylic acid groups (broad SMARTS) is 2. The van der Waals surface area contributed by atoms with Crippen molar-refractivity contribution < 1.29 is 19.8 Å². The van der Waals surface area contributed by atoms with E-state index in [1.807, 2.05) is 72.8 Å². The van der Waals surface area contributed by atoms with Gasteiger partial charge in [-0.3, -0.25) is 39.3 Å². The molecule has 4 heterocycles. The van der Waals surface area contributed by atoms with Crippen LogP contribution in [0, 0.1) is 0 Å². The number of rotatable bonds is 12. The summed E-state index contributed by atoms with van der Waals surface area (Å²) < 4.78 is 0. The van der Waals surface area contributed by atoms with Crippen LogP contribution in [0.1, 0.15) is 22.8 Å². The average Bonchev–Trinajstić information content (AvgIpc) is 2.91.